The van der Waals surface area contributed by atoms with Gasteiger partial charge in [-0.05, 0) is 19.1 Å². The Bertz CT molecular complexity index is 547. The molecule has 1 unspecified atom stereocenters. The van der Waals surface area contributed by atoms with Crippen LogP contribution in [-0.2, 0) is 14.3 Å². The van der Waals surface area contributed by atoms with Crippen molar-refractivity contribution in [1.29, 1.82) is 0 Å². The zero-order valence-electron chi connectivity index (χ0n) is 12.2. The first-order valence-electron chi connectivity index (χ1n) is 6.54. The maximum atomic E-state index is 11.8. The molecule has 0 aliphatic rings. The van der Waals surface area contributed by atoms with Crippen LogP contribution in [0.5, 0.6) is 5.75 Å². The number of nitrogens with one attached hydrogen (secondary N) is 1. The number of rotatable bonds is 9. The summed E-state index contributed by atoms with van der Waals surface area (Å²) < 4.78 is 10.4. The van der Waals surface area contributed by atoms with Gasteiger partial charge in [0.25, 0.3) is 5.91 Å². The van der Waals surface area contributed by atoms with Crippen molar-refractivity contribution in [2.45, 2.75) is 13.0 Å². The number of hydrogen-bond donors (Lipinski definition) is 2. The highest BCUT2D eigenvalue weighted by Gasteiger charge is 2.20. The molecule has 7 heteroatoms. The van der Waals surface area contributed by atoms with Gasteiger partial charge in [-0.15, -0.1) is 6.58 Å². The number of hydrogen-bond acceptors (Lipinski definition) is 4. The van der Waals surface area contributed by atoms with Crippen LogP contribution in [0.1, 0.15) is 5.56 Å². The van der Waals surface area contributed by atoms with Gasteiger partial charge in [0.15, 0.2) is 12.6 Å². The summed E-state index contributed by atoms with van der Waals surface area (Å²) in [6.45, 7) is 4.96. The van der Waals surface area contributed by atoms with Gasteiger partial charge in [0.2, 0.25) is 0 Å². The number of carboxylic acid groups (broad SMARTS) is 1. The van der Waals surface area contributed by atoms with E-state index in [-0.39, 0.29) is 19.8 Å². The van der Waals surface area contributed by atoms with E-state index >= 15 is 0 Å². The van der Waals surface area contributed by atoms with E-state index in [1.165, 1.54) is 6.08 Å². The molecule has 2 N–H and O–H groups in total. The van der Waals surface area contributed by atoms with E-state index in [1.54, 1.807) is 25.1 Å². The van der Waals surface area contributed by atoms with E-state index in [2.05, 4.69) is 11.9 Å². The highest BCUT2D eigenvalue weighted by atomic mass is 35.5. The number of ether oxygens (including phenoxy) is 2. The van der Waals surface area contributed by atoms with Crippen LogP contribution in [0.25, 0.3) is 0 Å². The van der Waals surface area contributed by atoms with E-state index in [9.17, 15) is 9.59 Å². The lowest BCUT2D eigenvalue weighted by Gasteiger charge is -2.15. The van der Waals surface area contributed by atoms with Crippen molar-refractivity contribution in [1.82, 2.24) is 5.32 Å². The molecule has 0 aliphatic heterocycles. The van der Waals surface area contributed by atoms with Crippen molar-refractivity contribution in [3.63, 3.8) is 0 Å². The van der Waals surface area contributed by atoms with Crippen LogP contribution >= 0.6 is 11.6 Å². The molecule has 0 aliphatic carbocycles. The molecule has 0 aromatic heterocycles. The zero-order valence-corrected chi connectivity index (χ0v) is 12.9. The molecule has 0 bridgehead atoms. The Morgan fingerprint density at radius 3 is 2.86 bits per heavy atom. The minimum absolute atomic E-state index is 0.150. The number of halogens is 1. The first-order valence-corrected chi connectivity index (χ1v) is 6.92. The molecule has 1 atom stereocenters. The first-order chi connectivity index (χ1) is 10.5. The van der Waals surface area contributed by atoms with Crippen LogP contribution in [0.15, 0.2) is 30.9 Å². The Morgan fingerprint density at radius 1 is 1.50 bits per heavy atom. The molecule has 1 aromatic rings. The number of amides is 1. The second kappa shape index (κ2) is 9.07. The fourth-order valence-electron chi connectivity index (χ4n) is 1.57. The molecule has 0 saturated heterocycles. The average Bonchev–Trinajstić information content (AvgIpc) is 2.47. The first kappa shape index (κ1) is 18.0. The predicted octanol–water partition coefficient (Wildman–Crippen LogP) is 1.80. The van der Waals surface area contributed by atoms with Crippen LogP contribution in [0.2, 0.25) is 5.02 Å². The highest BCUT2D eigenvalue weighted by molar-refractivity contribution is 6.31. The number of benzene rings is 1. The Morgan fingerprint density at radius 2 is 2.23 bits per heavy atom. The third-order valence-corrected chi connectivity index (χ3v) is 3.14. The predicted molar refractivity (Wildman–Crippen MR) is 82.3 cm³/mol. The summed E-state index contributed by atoms with van der Waals surface area (Å²) in [6, 6.07) is 3.94. The van der Waals surface area contributed by atoms with Gasteiger partial charge < -0.3 is 19.9 Å². The van der Waals surface area contributed by atoms with Crippen molar-refractivity contribution in [3.05, 3.63) is 41.4 Å². The lowest BCUT2D eigenvalue weighted by Crippen LogP contribution is -2.45. The smallest absolute Gasteiger partial charge is 0.328 e. The SMILES string of the molecule is C=CCOCC(NC(=O)COc1cccc(Cl)c1C)C(=O)O. The molecule has 0 heterocycles. The van der Waals surface area contributed by atoms with Gasteiger partial charge in [0.1, 0.15) is 5.75 Å². The van der Waals surface area contributed by atoms with Gasteiger partial charge in [0, 0.05) is 10.6 Å². The number of carboxylic acids is 1. The monoisotopic (exact) mass is 327 g/mol. The molecule has 120 valence electrons. The summed E-state index contributed by atoms with van der Waals surface area (Å²) in [6.07, 6.45) is 1.49. The lowest BCUT2D eigenvalue weighted by atomic mass is 10.2. The maximum absolute atomic E-state index is 11.8. The van der Waals surface area contributed by atoms with Crippen molar-refractivity contribution in [3.8, 4) is 5.75 Å². The molecule has 1 aromatic carbocycles. The van der Waals surface area contributed by atoms with Crippen molar-refractivity contribution in [2.75, 3.05) is 19.8 Å². The van der Waals surface area contributed by atoms with Gasteiger partial charge in [-0.3, -0.25) is 4.79 Å². The molecule has 0 radical (unpaired) electrons. The lowest BCUT2D eigenvalue weighted by molar-refractivity contribution is -0.143. The van der Waals surface area contributed by atoms with E-state index < -0.39 is 17.9 Å². The van der Waals surface area contributed by atoms with Gasteiger partial charge in [-0.1, -0.05) is 23.7 Å². The second-order valence-corrected chi connectivity index (χ2v) is 4.84. The molecular weight excluding hydrogens is 310 g/mol. The van der Waals surface area contributed by atoms with Gasteiger partial charge >= 0.3 is 5.97 Å². The summed E-state index contributed by atoms with van der Waals surface area (Å²) in [5.74, 6) is -1.28. The van der Waals surface area contributed by atoms with E-state index in [1.807, 2.05) is 0 Å². The molecule has 22 heavy (non-hydrogen) atoms. The largest absolute Gasteiger partial charge is 0.483 e. The standard InChI is InChI=1S/C15H18ClNO5/c1-3-7-21-8-12(15(19)20)17-14(18)9-22-13-6-4-5-11(16)10(13)2/h3-6,12H,1,7-9H2,2H3,(H,17,18)(H,19,20). The van der Waals surface area contributed by atoms with Crippen LogP contribution in [0.4, 0.5) is 0 Å². The van der Waals surface area contributed by atoms with Crippen molar-refractivity contribution >= 4 is 23.5 Å². The normalized spacial score (nSPS) is 11.5. The number of carbonyl (C=O) groups excluding carboxylic acids is 1. The topological polar surface area (TPSA) is 84.9 Å². The number of aliphatic carboxylic acids is 1. The molecule has 1 rings (SSSR count). The fraction of sp³-hybridized carbons (Fsp3) is 0.333. The molecule has 6 nitrogen and oxygen atoms in total. The summed E-state index contributed by atoms with van der Waals surface area (Å²) >= 11 is 5.94. The van der Waals surface area contributed by atoms with E-state index in [4.69, 9.17) is 26.2 Å². The Balaban J connectivity index is 2.51. The molecular formula is C15H18ClNO5. The minimum Gasteiger partial charge on any atom is -0.483 e. The molecule has 0 fully saturated rings. The quantitative estimate of drug-likeness (QED) is 0.533. The fourth-order valence-corrected chi connectivity index (χ4v) is 1.73. The van der Waals surface area contributed by atoms with Crippen molar-refractivity contribution < 1.29 is 24.2 Å². The molecule has 1 amide bonds. The van der Waals surface area contributed by atoms with Crippen LogP contribution in [-0.4, -0.2) is 42.8 Å². The van der Waals surface area contributed by atoms with E-state index in [0.29, 0.717) is 16.3 Å². The summed E-state index contributed by atoms with van der Waals surface area (Å²) in [4.78, 5) is 22.8. The Labute approximate surface area is 133 Å². The van der Waals surface area contributed by atoms with Gasteiger partial charge in [-0.2, -0.15) is 0 Å². The average molecular weight is 328 g/mol. The minimum atomic E-state index is -1.18. The van der Waals surface area contributed by atoms with Crippen LogP contribution in [0.3, 0.4) is 0 Å². The Kier molecular flexibility index (Phi) is 7.42. The van der Waals surface area contributed by atoms with E-state index in [0.717, 1.165) is 0 Å². The molecule has 0 saturated carbocycles. The van der Waals surface area contributed by atoms with Crippen LogP contribution < -0.4 is 10.1 Å². The third kappa shape index (κ3) is 5.75. The molecule has 0 spiro atoms. The highest BCUT2D eigenvalue weighted by Crippen LogP contribution is 2.24. The summed E-state index contributed by atoms with van der Waals surface area (Å²) in [5.41, 5.74) is 0.709. The van der Waals surface area contributed by atoms with Crippen molar-refractivity contribution in [2.24, 2.45) is 0 Å². The summed E-state index contributed by atoms with van der Waals surface area (Å²) in [5, 5.41) is 11.9. The van der Waals surface area contributed by atoms with Crippen LogP contribution in [0, 0.1) is 6.92 Å². The summed E-state index contributed by atoms with van der Waals surface area (Å²) in [7, 11) is 0. The second-order valence-electron chi connectivity index (χ2n) is 4.44. The maximum Gasteiger partial charge on any atom is 0.328 e. The Hall–Kier alpha value is -2.05. The van der Waals surface area contributed by atoms with Gasteiger partial charge in [-0.25, -0.2) is 4.79 Å². The number of carbonyl (C=O) groups is 2. The van der Waals surface area contributed by atoms with Gasteiger partial charge in [0.05, 0.1) is 13.2 Å². The zero-order chi connectivity index (χ0) is 16.5. The third-order valence-electron chi connectivity index (χ3n) is 2.73.